The van der Waals surface area contributed by atoms with Gasteiger partial charge >= 0.3 is 5.97 Å². The summed E-state index contributed by atoms with van der Waals surface area (Å²) in [6, 6.07) is 9.65. The molecule has 1 saturated heterocycles. The molecule has 6 heteroatoms. The van der Waals surface area contributed by atoms with E-state index in [2.05, 4.69) is 0 Å². The van der Waals surface area contributed by atoms with Gasteiger partial charge in [0.25, 0.3) is 0 Å². The minimum absolute atomic E-state index is 0.00986. The highest BCUT2D eigenvalue weighted by atomic mass is 19.1. The first-order chi connectivity index (χ1) is 11.9. The molecule has 2 rings (SSSR count). The molecule has 1 aliphatic heterocycles. The first kappa shape index (κ1) is 19.8. The lowest BCUT2D eigenvalue weighted by molar-refractivity contribution is -0.282. The van der Waals surface area contributed by atoms with Crippen LogP contribution in [0.4, 0.5) is 4.39 Å². The van der Waals surface area contributed by atoms with E-state index in [-0.39, 0.29) is 24.9 Å². The third kappa shape index (κ3) is 5.23. The maximum atomic E-state index is 14.3. The Hall–Kier alpha value is -1.50. The van der Waals surface area contributed by atoms with Crippen molar-refractivity contribution in [2.45, 2.75) is 58.5 Å². The van der Waals surface area contributed by atoms with Gasteiger partial charge in [-0.3, -0.25) is 4.79 Å². The number of halogens is 1. The highest BCUT2D eigenvalue weighted by Crippen LogP contribution is 2.36. The second-order valence-corrected chi connectivity index (χ2v) is 6.59. The van der Waals surface area contributed by atoms with Crippen molar-refractivity contribution in [2.24, 2.45) is 11.8 Å². The van der Waals surface area contributed by atoms with Gasteiger partial charge in [0, 0.05) is 20.0 Å². The van der Waals surface area contributed by atoms with E-state index in [4.69, 9.17) is 19.3 Å². The standard InChI is InChI=1S/C19H27FO5/c1-12-13(2)18(23-11-15-7-5-4-6-8-15)19(24-14(3)22)25-17(12)16(20)9-10-21/h4-8,12-13,16-19,21H,9-11H2,1-3H3/t12-,13-,16-,17?,18?,19?/m0/s1. The molecule has 6 atom stereocenters. The van der Waals surface area contributed by atoms with Crippen molar-refractivity contribution in [1.29, 1.82) is 0 Å². The zero-order chi connectivity index (χ0) is 18.4. The average molecular weight is 354 g/mol. The monoisotopic (exact) mass is 354 g/mol. The highest BCUT2D eigenvalue weighted by Gasteiger charge is 2.46. The van der Waals surface area contributed by atoms with Crippen molar-refractivity contribution < 1.29 is 28.5 Å². The first-order valence-corrected chi connectivity index (χ1v) is 8.67. The number of ether oxygens (including phenoxy) is 3. The van der Waals surface area contributed by atoms with Crippen LogP contribution in [0.1, 0.15) is 32.8 Å². The number of benzene rings is 1. The highest BCUT2D eigenvalue weighted by molar-refractivity contribution is 5.66. The topological polar surface area (TPSA) is 65.0 Å². The van der Waals surface area contributed by atoms with Gasteiger partial charge in [0.2, 0.25) is 6.29 Å². The van der Waals surface area contributed by atoms with Crippen molar-refractivity contribution in [2.75, 3.05) is 6.61 Å². The van der Waals surface area contributed by atoms with Crippen LogP contribution >= 0.6 is 0 Å². The minimum Gasteiger partial charge on any atom is -0.433 e. The number of aliphatic hydroxyl groups is 1. The zero-order valence-corrected chi connectivity index (χ0v) is 14.9. The second-order valence-electron chi connectivity index (χ2n) is 6.59. The molecule has 0 saturated carbocycles. The second kappa shape index (κ2) is 9.27. The zero-order valence-electron chi connectivity index (χ0n) is 14.9. The molecule has 0 aromatic heterocycles. The minimum atomic E-state index is -1.32. The van der Waals surface area contributed by atoms with Crippen LogP contribution in [0.15, 0.2) is 30.3 Å². The average Bonchev–Trinajstić information content (AvgIpc) is 2.58. The fourth-order valence-corrected chi connectivity index (χ4v) is 3.16. The normalized spacial score (nSPS) is 30.7. The summed E-state index contributed by atoms with van der Waals surface area (Å²) in [5.41, 5.74) is 0.995. The lowest BCUT2D eigenvalue weighted by Crippen LogP contribution is -2.54. The van der Waals surface area contributed by atoms with Gasteiger partial charge < -0.3 is 19.3 Å². The van der Waals surface area contributed by atoms with Crippen LogP contribution in [0.2, 0.25) is 0 Å². The molecule has 1 heterocycles. The van der Waals surface area contributed by atoms with Gasteiger partial charge in [0.05, 0.1) is 12.7 Å². The Bertz CT molecular complexity index is 538. The van der Waals surface area contributed by atoms with Crippen molar-refractivity contribution in [3.05, 3.63) is 35.9 Å². The lowest BCUT2D eigenvalue weighted by atomic mass is 9.81. The molecule has 1 aliphatic rings. The van der Waals surface area contributed by atoms with Crippen LogP contribution in [-0.4, -0.2) is 42.4 Å². The van der Waals surface area contributed by atoms with E-state index >= 15 is 0 Å². The largest absolute Gasteiger partial charge is 0.433 e. The van der Waals surface area contributed by atoms with E-state index in [1.165, 1.54) is 6.92 Å². The van der Waals surface area contributed by atoms with Crippen LogP contribution in [0.3, 0.4) is 0 Å². The molecule has 5 nitrogen and oxygen atoms in total. The molecule has 25 heavy (non-hydrogen) atoms. The predicted octanol–water partition coefficient (Wildman–Crippen LogP) is 2.85. The number of hydrogen-bond acceptors (Lipinski definition) is 5. The Morgan fingerprint density at radius 3 is 2.56 bits per heavy atom. The van der Waals surface area contributed by atoms with Crippen molar-refractivity contribution in [3.8, 4) is 0 Å². The summed E-state index contributed by atoms with van der Waals surface area (Å²) in [4.78, 5) is 11.4. The smallest absolute Gasteiger partial charge is 0.305 e. The molecule has 1 aromatic rings. The fraction of sp³-hybridized carbons (Fsp3) is 0.632. The van der Waals surface area contributed by atoms with Gasteiger partial charge in [-0.05, 0) is 17.4 Å². The van der Waals surface area contributed by atoms with Gasteiger partial charge in [0.15, 0.2) is 0 Å². The molecule has 1 N–H and O–H groups in total. The number of alkyl halides is 1. The van der Waals surface area contributed by atoms with Gasteiger partial charge in [-0.1, -0.05) is 44.2 Å². The SMILES string of the molecule is CC(=O)OC1OC([C@@H](F)CCO)[C@@H](C)[C@H](C)C1OCc1ccccc1. The Morgan fingerprint density at radius 2 is 1.96 bits per heavy atom. The number of carbonyl (C=O) groups is 1. The Kier molecular flexibility index (Phi) is 7.35. The molecule has 0 radical (unpaired) electrons. The van der Waals surface area contributed by atoms with Crippen LogP contribution in [0, 0.1) is 11.8 Å². The maximum absolute atomic E-state index is 14.3. The van der Waals surface area contributed by atoms with E-state index in [9.17, 15) is 9.18 Å². The summed E-state index contributed by atoms with van der Waals surface area (Å²) >= 11 is 0. The van der Waals surface area contributed by atoms with Crippen molar-refractivity contribution in [1.82, 2.24) is 0 Å². The van der Waals surface area contributed by atoms with Crippen LogP contribution in [0.25, 0.3) is 0 Å². The van der Waals surface area contributed by atoms with Crippen LogP contribution in [0.5, 0.6) is 0 Å². The van der Waals surface area contributed by atoms with Gasteiger partial charge in [-0.15, -0.1) is 0 Å². The van der Waals surface area contributed by atoms with Gasteiger partial charge in [-0.25, -0.2) is 4.39 Å². The molecule has 0 amide bonds. The van der Waals surface area contributed by atoms with E-state index in [1.54, 1.807) is 0 Å². The molecule has 3 unspecified atom stereocenters. The summed E-state index contributed by atoms with van der Waals surface area (Å²) in [6.07, 6.45) is -3.53. The molecule has 140 valence electrons. The molecular weight excluding hydrogens is 327 g/mol. The van der Waals surface area contributed by atoms with Gasteiger partial charge in [-0.2, -0.15) is 0 Å². The molecule has 1 aromatic carbocycles. The summed E-state index contributed by atoms with van der Waals surface area (Å²) in [5, 5.41) is 8.99. The number of esters is 1. The van der Waals surface area contributed by atoms with Crippen molar-refractivity contribution >= 4 is 5.97 Å². The Labute approximate surface area is 148 Å². The van der Waals surface area contributed by atoms with E-state index in [0.717, 1.165) is 5.56 Å². The number of carbonyl (C=O) groups excluding carboxylic acids is 1. The number of rotatable bonds is 7. The van der Waals surface area contributed by atoms with Crippen molar-refractivity contribution in [3.63, 3.8) is 0 Å². The summed E-state index contributed by atoms with van der Waals surface area (Å²) in [7, 11) is 0. The molecule has 0 aliphatic carbocycles. The third-order valence-corrected chi connectivity index (χ3v) is 4.75. The van der Waals surface area contributed by atoms with Crippen LogP contribution < -0.4 is 0 Å². The van der Waals surface area contributed by atoms with E-state index in [1.807, 2.05) is 44.2 Å². The molecule has 0 bridgehead atoms. The predicted molar refractivity (Wildman–Crippen MR) is 90.4 cm³/mol. The molecule has 0 spiro atoms. The summed E-state index contributed by atoms with van der Waals surface area (Å²) in [6.45, 7) is 5.22. The number of aliphatic hydroxyl groups excluding tert-OH is 1. The summed E-state index contributed by atoms with van der Waals surface area (Å²) < 4.78 is 31.3. The fourth-order valence-electron chi connectivity index (χ4n) is 3.16. The van der Waals surface area contributed by atoms with Crippen LogP contribution in [-0.2, 0) is 25.6 Å². The Morgan fingerprint density at radius 1 is 1.28 bits per heavy atom. The van der Waals surface area contributed by atoms with E-state index < -0.39 is 30.6 Å². The summed E-state index contributed by atoms with van der Waals surface area (Å²) in [5.74, 6) is -0.728. The van der Waals surface area contributed by atoms with E-state index in [0.29, 0.717) is 6.61 Å². The first-order valence-electron chi connectivity index (χ1n) is 8.67. The quantitative estimate of drug-likeness (QED) is 0.763. The lowest BCUT2D eigenvalue weighted by Gasteiger charge is -2.44. The molecular formula is C19H27FO5. The third-order valence-electron chi connectivity index (χ3n) is 4.75. The maximum Gasteiger partial charge on any atom is 0.305 e. The number of hydrogen-bond donors (Lipinski definition) is 1. The van der Waals surface area contributed by atoms with Gasteiger partial charge in [0.1, 0.15) is 12.3 Å². The Balaban J connectivity index is 2.11. The molecule has 1 fully saturated rings.